The van der Waals surface area contributed by atoms with Gasteiger partial charge in [0.25, 0.3) is 0 Å². The van der Waals surface area contributed by atoms with Crippen LogP contribution in [0.3, 0.4) is 0 Å². The zero-order valence-electron chi connectivity index (χ0n) is 12.5. The monoisotopic (exact) mass is 335 g/mol. The molecule has 1 aromatic carbocycles. The summed E-state index contributed by atoms with van der Waals surface area (Å²) in [7, 11) is 0. The quantitative estimate of drug-likeness (QED) is 0.828. The highest BCUT2D eigenvalue weighted by atomic mass is 35.5. The summed E-state index contributed by atoms with van der Waals surface area (Å²) >= 11 is 5.76. The van der Waals surface area contributed by atoms with E-state index in [1.165, 1.54) is 6.07 Å². The number of alkyl halides is 3. The minimum Gasteiger partial charge on any atom is -0.444 e. The molecule has 0 bridgehead atoms. The Morgan fingerprint density at radius 2 is 1.91 bits per heavy atom. The third-order valence-electron chi connectivity index (χ3n) is 3.25. The summed E-state index contributed by atoms with van der Waals surface area (Å²) in [6, 6.07) is 2.02. The van der Waals surface area contributed by atoms with Gasteiger partial charge in [0.1, 0.15) is 5.60 Å². The Balaban J connectivity index is 2.15. The number of nitrogens with one attached hydrogen (secondary N) is 1. The van der Waals surface area contributed by atoms with Crippen LogP contribution in [0, 0.1) is 0 Å². The standard InChI is InChI=1S/C15H17ClF3NO2/c1-14(2,3)22-13(21)20-10-5-8-4-9(16)6-12(11(8)7-10)15(17,18)19/h4,6,10H,5,7H2,1-3H3,(H,20,21). The van der Waals surface area contributed by atoms with Crippen LogP contribution in [0.25, 0.3) is 0 Å². The SMILES string of the molecule is CC(C)(C)OC(=O)NC1Cc2cc(Cl)cc(C(F)(F)F)c2C1. The Morgan fingerprint density at radius 1 is 1.27 bits per heavy atom. The lowest BCUT2D eigenvalue weighted by atomic mass is 10.0. The predicted molar refractivity (Wildman–Crippen MR) is 77.0 cm³/mol. The zero-order chi connectivity index (χ0) is 16.7. The Morgan fingerprint density at radius 3 is 2.45 bits per heavy atom. The molecule has 1 N–H and O–H groups in total. The second kappa shape index (κ2) is 5.65. The van der Waals surface area contributed by atoms with Crippen LogP contribution in [0.2, 0.25) is 5.02 Å². The molecule has 0 fully saturated rings. The molecule has 1 unspecified atom stereocenters. The molecule has 1 aliphatic rings. The maximum Gasteiger partial charge on any atom is 0.416 e. The Hall–Kier alpha value is -1.43. The molecule has 22 heavy (non-hydrogen) atoms. The number of amides is 1. The lowest BCUT2D eigenvalue weighted by molar-refractivity contribution is -0.138. The number of rotatable bonds is 1. The first kappa shape index (κ1) is 16.9. The second-order valence-electron chi connectivity index (χ2n) is 6.34. The molecule has 0 heterocycles. The molecule has 1 amide bonds. The van der Waals surface area contributed by atoms with E-state index in [4.69, 9.17) is 16.3 Å². The first-order valence-corrected chi connectivity index (χ1v) is 7.21. The van der Waals surface area contributed by atoms with Gasteiger partial charge in [-0.25, -0.2) is 4.79 Å². The van der Waals surface area contributed by atoms with E-state index in [9.17, 15) is 18.0 Å². The van der Waals surface area contributed by atoms with Gasteiger partial charge in [0.05, 0.1) is 5.56 Å². The molecule has 0 spiro atoms. The molecule has 1 aliphatic carbocycles. The van der Waals surface area contributed by atoms with Crippen LogP contribution in [0.15, 0.2) is 12.1 Å². The van der Waals surface area contributed by atoms with Crippen LogP contribution in [0.4, 0.5) is 18.0 Å². The molecule has 7 heteroatoms. The van der Waals surface area contributed by atoms with E-state index in [2.05, 4.69) is 5.32 Å². The number of hydrogen-bond donors (Lipinski definition) is 1. The first-order valence-electron chi connectivity index (χ1n) is 6.84. The van der Waals surface area contributed by atoms with Crippen molar-refractivity contribution in [2.45, 2.75) is 51.4 Å². The van der Waals surface area contributed by atoms with Gasteiger partial charge >= 0.3 is 12.3 Å². The van der Waals surface area contributed by atoms with Gasteiger partial charge in [-0.05, 0) is 56.9 Å². The van der Waals surface area contributed by atoms with E-state index in [0.29, 0.717) is 12.0 Å². The lowest BCUT2D eigenvalue weighted by Gasteiger charge is -2.21. The van der Waals surface area contributed by atoms with Crippen molar-refractivity contribution >= 4 is 17.7 Å². The van der Waals surface area contributed by atoms with Crippen molar-refractivity contribution in [3.8, 4) is 0 Å². The van der Waals surface area contributed by atoms with Crippen LogP contribution in [-0.4, -0.2) is 17.7 Å². The van der Waals surface area contributed by atoms with Crippen molar-refractivity contribution in [2.75, 3.05) is 0 Å². The topological polar surface area (TPSA) is 38.3 Å². The van der Waals surface area contributed by atoms with Gasteiger partial charge in [-0.15, -0.1) is 0 Å². The Kier molecular flexibility index (Phi) is 4.35. The van der Waals surface area contributed by atoms with Crippen LogP contribution in [0.5, 0.6) is 0 Å². The van der Waals surface area contributed by atoms with Crippen molar-refractivity contribution in [1.29, 1.82) is 0 Å². The molecule has 1 atom stereocenters. The molecule has 0 aliphatic heterocycles. The molecule has 2 rings (SSSR count). The average molecular weight is 336 g/mol. The first-order chi connectivity index (χ1) is 9.95. The molecule has 3 nitrogen and oxygen atoms in total. The number of hydrogen-bond acceptors (Lipinski definition) is 2. The third kappa shape index (κ3) is 4.06. The van der Waals surface area contributed by atoms with Crippen molar-refractivity contribution in [3.63, 3.8) is 0 Å². The number of fused-ring (bicyclic) bond motifs is 1. The zero-order valence-corrected chi connectivity index (χ0v) is 13.2. The van der Waals surface area contributed by atoms with E-state index in [1.807, 2.05) is 0 Å². The fourth-order valence-corrected chi connectivity index (χ4v) is 2.77. The minimum atomic E-state index is -4.46. The molecule has 0 aromatic heterocycles. The lowest BCUT2D eigenvalue weighted by Crippen LogP contribution is -2.39. The van der Waals surface area contributed by atoms with Crippen LogP contribution < -0.4 is 5.32 Å². The number of benzene rings is 1. The molecule has 1 aromatic rings. The average Bonchev–Trinajstić information content (AvgIpc) is 2.65. The van der Waals surface area contributed by atoms with Gasteiger partial charge < -0.3 is 10.1 Å². The van der Waals surface area contributed by atoms with Crippen LogP contribution in [-0.2, 0) is 23.8 Å². The second-order valence-corrected chi connectivity index (χ2v) is 6.78. The van der Waals surface area contributed by atoms with Crippen molar-refractivity contribution in [3.05, 3.63) is 33.8 Å². The van der Waals surface area contributed by atoms with Gasteiger partial charge in [0.2, 0.25) is 0 Å². The number of ether oxygens (including phenoxy) is 1. The molecule has 0 radical (unpaired) electrons. The van der Waals surface area contributed by atoms with E-state index >= 15 is 0 Å². The fraction of sp³-hybridized carbons (Fsp3) is 0.533. The summed E-state index contributed by atoms with van der Waals surface area (Å²) in [6.45, 7) is 5.16. The van der Waals surface area contributed by atoms with Crippen molar-refractivity contribution in [2.24, 2.45) is 0 Å². The van der Waals surface area contributed by atoms with Crippen LogP contribution >= 0.6 is 11.6 Å². The van der Waals surface area contributed by atoms with Gasteiger partial charge in [-0.3, -0.25) is 0 Å². The van der Waals surface area contributed by atoms with Gasteiger partial charge in [-0.1, -0.05) is 11.6 Å². The minimum absolute atomic E-state index is 0.0454. The molecular formula is C15H17ClF3NO2. The summed E-state index contributed by atoms with van der Waals surface area (Å²) in [6.07, 6.45) is -4.68. The molecular weight excluding hydrogens is 319 g/mol. The van der Waals surface area contributed by atoms with Crippen molar-refractivity contribution in [1.82, 2.24) is 5.32 Å². The fourth-order valence-electron chi connectivity index (χ4n) is 2.53. The number of alkyl carbamates (subject to hydrolysis) is 1. The Labute approximate surface area is 131 Å². The van der Waals surface area contributed by atoms with Gasteiger partial charge in [-0.2, -0.15) is 13.2 Å². The maximum absolute atomic E-state index is 13.1. The summed E-state index contributed by atoms with van der Waals surface area (Å²) < 4.78 is 44.3. The summed E-state index contributed by atoms with van der Waals surface area (Å²) in [5, 5.41) is 2.65. The Bertz CT molecular complexity index is 594. The smallest absolute Gasteiger partial charge is 0.416 e. The predicted octanol–water partition coefficient (Wildman–Crippen LogP) is 4.35. The van der Waals surface area contributed by atoms with E-state index < -0.39 is 29.5 Å². The van der Waals surface area contributed by atoms with Gasteiger partial charge in [0, 0.05) is 11.1 Å². The van der Waals surface area contributed by atoms with E-state index in [1.54, 1.807) is 20.8 Å². The van der Waals surface area contributed by atoms with E-state index in [0.717, 1.165) is 6.07 Å². The van der Waals surface area contributed by atoms with Crippen molar-refractivity contribution < 1.29 is 22.7 Å². The summed E-state index contributed by atoms with van der Waals surface area (Å²) in [4.78, 5) is 11.7. The summed E-state index contributed by atoms with van der Waals surface area (Å²) in [5.41, 5.74) is -0.682. The summed E-state index contributed by atoms with van der Waals surface area (Å²) in [5.74, 6) is 0. The largest absolute Gasteiger partial charge is 0.444 e. The normalized spacial score (nSPS) is 18.0. The number of halogens is 4. The molecule has 0 saturated heterocycles. The number of carbonyl (C=O) groups excluding carboxylic acids is 1. The van der Waals surface area contributed by atoms with Crippen LogP contribution in [0.1, 0.15) is 37.5 Å². The van der Waals surface area contributed by atoms with E-state index in [-0.39, 0.29) is 17.0 Å². The highest BCUT2D eigenvalue weighted by Gasteiger charge is 2.38. The highest BCUT2D eigenvalue weighted by molar-refractivity contribution is 6.30. The van der Waals surface area contributed by atoms with Gasteiger partial charge in [0.15, 0.2) is 0 Å². The third-order valence-corrected chi connectivity index (χ3v) is 3.47. The molecule has 0 saturated carbocycles. The molecule has 122 valence electrons. The highest BCUT2D eigenvalue weighted by Crippen LogP contribution is 2.39. The number of carbonyl (C=O) groups is 1. The maximum atomic E-state index is 13.1.